The van der Waals surface area contributed by atoms with E-state index < -0.39 is 64.2 Å². The molecule has 298 valence electrons. The summed E-state index contributed by atoms with van der Waals surface area (Å²) in [6.07, 6.45) is 0.771. The van der Waals surface area contributed by atoms with Crippen molar-refractivity contribution in [3.8, 4) is 0 Å². The molecule has 6 N–H and O–H groups in total. The van der Waals surface area contributed by atoms with Crippen LogP contribution < -0.4 is 20.7 Å². The van der Waals surface area contributed by atoms with E-state index >= 15 is 8.78 Å². The van der Waals surface area contributed by atoms with Crippen LogP contribution in [-0.2, 0) is 34.1 Å². The number of carbonyl (C=O) groups is 3. The van der Waals surface area contributed by atoms with Crippen molar-refractivity contribution < 1.29 is 51.3 Å². The molecule has 0 radical (unpaired) electrons. The minimum Gasteiger partial charge on any atom is -0.386 e. The summed E-state index contributed by atoms with van der Waals surface area (Å²) in [5.74, 6) is -8.11. The molecular formula is C35H54F2N6O9S. The van der Waals surface area contributed by atoms with Gasteiger partial charge in [-0.25, -0.2) is 0 Å². The van der Waals surface area contributed by atoms with E-state index in [0.29, 0.717) is 45.7 Å². The number of morpholine rings is 2. The van der Waals surface area contributed by atoms with E-state index in [0.717, 1.165) is 23.6 Å². The maximum Gasteiger partial charge on any atom is 0.351 e. The van der Waals surface area contributed by atoms with Crippen molar-refractivity contribution in [3.63, 3.8) is 0 Å². The number of amides is 3. The van der Waals surface area contributed by atoms with Crippen molar-refractivity contribution in [2.75, 3.05) is 65.7 Å². The van der Waals surface area contributed by atoms with Gasteiger partial charge in [0.1, 0.15) is 24.3 Å². The SMILES string of the molecule is C=CC[C@H](NC(=O)[C@@H](NS(=O)(=O)N1CCOCC1)C(O)c1ccccc1)C(=O)N[C@@H](CC1CCCCC1)C(O)C(F)(F)C(=O)NCCN1CCOCC1. The number of nitrogens with zero attached hydrogens (tertiary/aromatic N) is 2. The second kappa shape index (κ2) is 20.5. The van der Waals surface area contributed by atoms with Gasteiger partial charge in [-0.1, -0.05) is 68.5 Å². The predicted octanol–water partition coefficient (Wildman–Crippen LogP) is 0.216. The van der Waals surface area contributed by atoms with E-state index in [-0.39, 0.29) is 57.2 Å². The molecule has 2 aliphatic heterocycles. The number of hydrogen-bond donors (Lipinski definition) is 6. The lowest BCUT2D eigenvalue weighted by Gasteiger charge is -2.34. The number of rotatable bonds is 19. The maximum absolute atomic E-state index is 15.6. The number of aliphatic hydroxyl groups is 2. The Hall–Kier alpha value is -3.10. The normalized spacial score (nSPS) is 21.1. The predicted molar refractivity (Wildman–Crippen MR) is 191 cm³/mol. The van der Waals surface area contributed by atoms with Gasteiger partial charge in [0, 0.05) is 39.3 Å². The summed E-state index contributed by atoms with van der Waals surface area (Å²) in [6.45, 7) is 6.32. The summed E-state index contributed by atoms with van der Waals surface area (Å²) < 4.78 is 71.7. The summed E-state index contributed by atoms with van der Waals surface area (Å²) in [5.41, 5.74) is 0.211. The molecule has 18 heteroatoms. The molecular weight excluding hydrogens is 718 g/mol. The highest BCUT2D eigenvalue weighted by Gasteiger charge is 2.51. The van der Waals surface area contributed by atoms with Crippen LogP contribution in [-0.4, -0.2) is 141 Å². The van der Waals surface area contributed by atoms with E-state index in [2.05, 4.69) is 27.3 Å². The first-order valence-corrected chi connectivity index (χ1v) is 19.7. The van der Waals surface area contributed by atoms with Crippen LogP contribution in [0.5, 0.6) is 0 Å². The molecule has 1 aromatic carbocycles. The number of carbonyl (C=O) groups excluding carboxylic acids is 3. The second-order valence-corrected chi connectivity index (χ2v) is 15.4. The van der Waals surface area contributed by atoms with Crippen LogP contribution in [0, 0.1) is 5.92 Å². The van der Waals surface area contributed by atoms with Crippen molar-refractivity contribution >= 4 is 27.9 Å². The third-order valence-corrected chi connectivity index (χ3v) is 11.5. The number of hydrogen-bond acceptors (Lipinski definition) is 10. The summed E-state index contributed by atoms with van der Waals surface area (Å²) in [6, 6.07) is 2.97. The van der Waals surface area contributed by atoms with Crippen LogP contribution in [0.15, 0.2) is 43.0 Å². The van der Waals surface area contributed by atoms with Gasteiger partial charge in [-0.05, 0) is 24.3 Å². The van der Waals surface area contributed by atoms with Crippen molar-refractivity contribution in [2.45, 2.75) is 81.2 Å². The Morgan fingerprint density at radius 1 is 0.943 bits per heavy atom. The maximum atomic E-state index is 15.6. The Kier molecular flexibility index (Phi) is 16.5. The van der Waals surface area contributed by atoms with E-state index in [1.54, 1.807) is 18.2 Å². The Morgan fingerprint density at radius 2 is 1.57 bits per heavy atom. The summed E-state index contributed by atoms with van der Waals surface area (Å²) >= 11 is 0. The van der Waals surface area contributed by atoms with Crippen LogP contribution in [0.3, 0.4) is 0 Å². The highest BCUT2D eigenvalue weighted by molar-refractivity contribution is 7.87. The first kappa shape index (κ1) is 42.6. The third-order valence-electron chi connectivity index (χ3n) is 9.87. The molecule has 3 fully saturated rings. The largest absolute Gasteiger partial charge is 0.386 e. The number of aliphatic hydroxyl groups excluding tert-OH is 2. The molecule has 15 nitrogen and oxygen atoms in total. The number of benzene rings is 1. The van der Waals surface area contributed by atoms with Gasteiger partial charge in [-0.3, -0.25) is 19.3 Å². The Morgan fingerprint density at radius 3 is 2.19 bits per heavy atom. The fraction of sp³-hybridized carbons (Fsp3) is 0.686. The molecule has 1 aromatic rings. The topological polar surface area (TPSA) is 199 Å². The Labute approximate surface area is 310 Å². The monoisotopic (exact) mass is 772 g/mol. The molecule has 3 aliphatic rings. The Bertz CT molecular complexity index is 1440. The number of halogens is 2. The third kappa shape index (κ3) is 12.5. The first-order valence-electron chi connectivity index (χ1n) is 18.3. The molecule has 0 bridgehead atoms. The molecule has 2 saturated heterocycles. The van der Waals surface area contributed by atoms with Gasteiger partial charge in [0.2, 0.25) is 11.8 Å². The minimum absolute atomic E-state index is 0.00778. The smallest absolute Gasteiger partial charge is 0.351 e. The second-order valence-electron chi connectivity index (χ2n) is 13.7. The molecule has 5 atom stereocenters. The number of nitrogens with one attached hydrogen (secondary N) is 4. The van der Waals surface area contributed by atoms with Crippen LogP contribution in [0.25, 0.3) is 0 Å². The molecule has 4 rings (SSSR count). The lowest BCUT2D eigenvalue weighted by Crippen LogP contribution is -2.61. The molecule has 1 saturated carbocycles. The van der Waals surface area contributed by atoms with Gasteiger partial charge in [-0.2, -0.15) is 26.2 Å². The van der Waals surface area contributed by atoms with Crippen molar-refractivity contribution in [1.29, 1.82) is 0 Å². The lowest BCUT2D eigenvalue weighted by atomic mass is 9.82. The zero-order chi connectivity index (χ0) is 38.4. The van der Waals surface area contributed by atoms with Gasteiger partial charge in [0.25, 0.3) is 16.1 Å². The van der Waals surface area contributed by atoms with Crippen LogP contribution in [0.2, 0.25) is 0 Å². The molecule has 2 unspecified atom stereocenters. The summed E-state index contributed by atoms with van der Waals surface area (Å²) in [4.78, 5) is 42.3. The van der Waals surface area contributed by atoms with Crippen molar-refractivity contribution in [1.82, 2.24) is 29.9 Å². The summed E-state index contributed by atoms with van der Waals surface area (Å²) in [7, 11) is -4.33. The standard InChI is InChI=1S/C35H54F2N6O9S/c1-2-9-27(39-33(47)29(30(44)26-12-7-4-8-13-26)41-53(49,50)43-18-22-52-23-19-43)32(46)40-28(24-25-10-5-3-6-11-25)31(45)35(36,37)34(48)38-14-15-42-16-20-51-21-17-42/h2,4,7-8,12-13,25,27-31,41,44-45H,1,3,5-6,9-11,14-24H2,(H,38,48)(H,39,47)(H,40,46)/t27-,28-,29-,30?,31?/m0/s1. The average Bonchev–Trinajstić information content (AvgIpc) is 3.17. The molecule has 0 aromatic heterocycles. The van der Waals surface area contributed by atoms with Gasteiger partial charge in [0.15, 0.2) is 0 Å². The molecule has 0 spiro atoms. The first-order chi connectivity index (χ1) is 25.3. The van der Waals surface area contributed by atoms with Crippen molar-refractivity contribution in [2.24, 2.45) is 5.92 Å². The van der Waals surface area contributed by atoms with Gasteiger partial charge >= 0.3 is 5.92 Å². The van der Waals surface area contributed by atoms with Crippen LogP contribution in [0.4, 0.5) is 8.78 Å². The lowest BCUT2D eigenvalue weighted by molar-refractivity contribution is -0.168. The average molecular weight is 773 g/mol. The van der Waals surface area contributed by atoms with Crippen LogP contribution in [0.1, 0.15) is 56.6 Å². The Balaban J connectivity index is 1.51. The minimum atomic E-state index is -4.33. The van der Waals surface area contributed by atoms with Gasteiger partial charge < -0.3 is 35.6 Å². The molecule has 2 heterocycles. The van der Waals surface area contributed by atoms with Gasteiger partial charge in [-0.15, -0.1) is 6.58 Å². The van der Waals surface area contributed by atoms with E-state index in [9.17, 15) is 33.0 Å². The van der Waals surface area contributed by atoms with E-state index in [4.69, 9.17) is 9.47 Å². The quantitative estimate of drug-likeness (QED) is 0.106. The number of ether oxygens (including phenoxy) is 2. The van der Waals surface area contributed by atoms with Gasteiger partial charge in [0.05, 0.1) is 32.5 Å². The summed E-state index contributed by atoms with van der Waals surface area (Å²) in [5, 5.41) is 29.5. The molecule has 1 aliphatic carbocycles. The fourth-order valence-electron chi connectivity index (χ4n) is 6.77. The van der Waals surface area contributed by atoms with Crippen LogP contribution >= 0.6 is 0 Å². The molecule has 3 amide bonds. The zero-order valence-electron chi connectivity index (χ0n) is 30.0. The molecule has 53 heavy (non-hydrogen) atoms. The van der Waals surface area contributed by atoms with Crippen molar-refractivity contribution in [3.05, 3.63) is 48.6 Å². The number of alkyl halides is 2. The fourth-order valence-corrected chi connectivity index (χ4v) is 8.11. The zero-order valence-corrected chi connectivity index (χ0v) is 30.8. The van der Waals surface area contributed by atoms with E-state index in [1.807, 2.05) is 4.90 Å². The highest BCUT2D eigenvalue weighted by Crippen LogP contribution is 2.31. The van der Waals surface area contributed by atoms with E-state index in [1.165, 1.54) is 18.2 Å². The highest BCUT2D eigenvalue weighted by atomic mass is 32.2.